The fourth-order valence-electron chi connectivity index (χ4n) is 1.43. The molecule has 0 saturated carbocycles. The van der Waals surface area contributed by atoms with Gasteiger partial charge in [0.25, 0.3) is 0 Å². The molecule has 3 N–H and O–H groups in total. The van der Waals surface area contributed by atoms with E-state index in [1.807, 2.05) is 20.0 Å². The summed E-state index contributed by atoms with van der Waals surface area (Å²) < 4.78 is 0. The Hall–Kier alpha value is -1.46. The Labute approximate surface area is 91.9 Å². The Kier molecular flexibility index (Phi) is 4.20. The summed E-state index contributed by atoms with van der Waals surface area (Å²) >= 11 is 0. The zero-order valence-electron chi connectivity index (χ0n) is 9.65. The first kappa shape index (κ1) is 11.6. The minimum absolute atomic E-state index is 0.803. The van der Waals surface area contributed by atoms with Crippen molar-refractivity contribution in [3.63, 3.8) is 0 Å². The fourth-order valence-corrected chi connectivity index (χ4v) is 1.43. The highest BCUT2D eigenvalue weighted by Crippen LogP contribution is 2.18. The maximum Gasteiger partial charge on any atom is 0.0503 e. The first-order chi connectivity index (χ1) is 7.15. The molecule has 0 fully saturated rings. The summed E-state index contributed by atoms with van der Waals surface area (Å²) in [6.45, 7) is 4.99. The lowest BCUT2D eigenvalue weighted by atomic mass is 10.0. The number of anilines is 1. The standard InChI is InChI=1S/C13H18N2/c1-10-8-11(2)13(14)12(9-10)6-4-5-7-15-3/h8-9,15H,5,7,14H2,1-3H3. The van der Waals surface area contributed by atoms with Gasteiger partial charge >= 0.3 is 0 Å². The van der Waals surface area contributed by atoms with Crippen LogP contribution in [0.5, 0.6) is 0 Å². The van der Waals surface area contributed by atoms with Gasteiger partial charge in [0.2, 0.25) is 0 Å². The molecule has 0 aromatic heterocycles. The van der Waals surface area contributed by atoms with E-state index >= 15 is 0 Å². The molecule has 2 heteroatoms. The summed E-state index contributed by atoms with van der Waals surface area (Å²) in [5.74, 6) is 6.22. The van der Waals surface area contributed by atoms with Gasteiger partial charge in [-0.3, -0.25) is 0 Å². The van der Waals surface area contributed by atoms with E-state index in [1.165, 1.54) is 5.56 Å². The molecule has 0 aliphatic heterocycles. The number of nitrogens with two attached hydrogens (primary N) is 1. The Balaban J connectivity index is 2.88. The Bertz CT molecular complexity index is 397. The van der Waals surface area contributed by atoms with Crippen LogP contribution in [-0.2, 0) is 0 Å². The van der Waals surface area contributed by atoms with Crippen molar-refractivity contribution < 1.29 is 0 Å². The summed E-state index contributed by atoms with van der Waals surface area (Å²) in [5.41, 5.74) is 10.0. The van der Waals surface area contributed by atoms with Crippen LogP contribution in [0.2, 0.25) is 0 Å². The van der Waals surface area contributed by atoms with Gasteiger partial charge in [0.1, 0.15) is 0 Å². The minimum Gasteiger partial charge on any atom is -0.398 e. The first-order valence-corrected chi connectivity index (χ1v) is 5.15. The Morgan fingerprint density at radius 2 is 2.07 bits per heavy atom. The molecule has 0 radical (unpaired) electrons. The molecule has 0 atom stereocenters. The number of hydrogen-bond donors (Lipinski definition) is 2. The normalized spacial score (nSPS) is 9.53. The second-order valence-corrected chi connectivity index (χ2v) is 3.70. The van der Waals surface area contributed by atoms with Crippen molar-refractivity contribution in [1.82, 2.24) is 5.32 Å². The molecule has 0 saturated heterocycles. The van der Waals surface area contributed by atoms with Crippen LogP contribution in [0, 0.1) is 25.7 Å². The van der Waals surface area contributed by atoms with Crippen molar-refractivity contribution in [2.75, 3.05) is 19.3 Å². The van der Waals surface area contributed by atoms with Crippen LogP contribution in [0.3, 0.4) is 0 Å². The Morgan fingerprint density at radius 3 is 2.73 bits per heavy atom. The van der Waals surface area contributed by atoms with Crippen molar-refractivity contribution in [2.45, 2.75) is 20.3 Å². The molecule has 0 heterocycles. The molecule has 0 spiro atoms. The van der Waals surface area contributed by atoms with Crippen LogP contribution in [-0.4, -0.2) is 13.6 Å². The smallest absolute Gasteiger partial charge is 0.0503 e. The monoisotopic (exact) mass is 202 g/mol. The van der Waals surface area contributed by atoms with Crippen LogP contribution < -0.4 is 11.1 Å². The third kappa shape index (κ3) is 3.30. The molecule has 2 nitrogen and oxygen atoms in total. The van der Waals surface area contributed by atoms with Gasteiger partial charge in [0.15, 0.2) is 0 Å². The van der Waals surface area contributed by atoms with E-state index in [-0.39, 0.29) is 0 Å². The van der Waals surface area contributed by atoms with Crippen molar-refractivity contribution >= 4 is 5.69 Å². The lowest BCUT2D eigenvalue weighted by Crippen LogP contribution is -2.06. The van der Waals surface area contributed by atoms with Crippen LogP contribution in [0.4, 0.5) is 5.69 Å². The molecule has 1 aromatic carbocycles. The van der Waals surface area contributed by atoms with Gasteiger partial charge in [0.05, 0.1) is 5.69 Å². The number of rotatable bonds is 2. The number of aryl methyl sites for hydroxylation is 2. The maximum absolute atomic E-state index is 5.95. The summed E-state index contributed by atoms with van der Waals surface area (Å²) in [4.78, 5) is 0. The predicted octanol–water partition coefficient (Wildman–Crippen LogP) is 1.85. The zero-order valence-corrected chi connectivity index (χ0v) is 9.65. The van der Waals surface area contributed by atoms with E-state index in [0.717, 1.165) is 29.8 Å². The highest BCUT2D eigenvalue weighted by Gasteiger charge is 2.00. The average Bonchev–Trinajstić information content (AvgIpc) is 2.19. The summed E-state index contributed by atoms with van der Waals surface area (Å²) in [5, 5.41) is 3.06. The number of nitrogens with one attached hydrogen (secondary N) is 1. The molecule has 15 heavy (non-hydrogen) atoms. The van der Waals surface area contributed by atoms with Gasteiger partial charge in [-0.25, -0.2) is 0 Å². The molecule has 1 aromatic rings. The van der Waals surface area contributed by atoms with Gasteiger partial charge in [0, 0.05) is 18.5 Å². The first-order valence-electron chi connectivity index (χ1n) is 5.15. The second kappa shape index (κ2) is 5.43. The SMILES string of the molecule is CNCCC#Cc1cc(C)cc(C)c1N. The number of benzene rings is 1. The van der Waals surface area contributed by atoms with Crippen molar-refractivity contribution in [1.29, 1.82) is 0 Å². The molecular weight excluding hydrogens is 184 g/mol. The third-order valence-electron chi connectivity index (χ3n) is 2.25. The third-order valence-corrected chi connectivity index (χ3v) is 2.25. The van der Waals surface area contributed by atoms with Gasteiger partial charge in [-0.15, -0.1) is 0 Å². The average molecular weight is 202 g/mol. The highest BCUT2D eigenvalue weighted by atomic mass is 14.8. The largest absolute Gasteiger partial charge is 0.398 e. The lowest BCUT2D eigenvalue weighted by Gasteiger charge is -2.04. The van der Waals surface area contributed by atoms with E-state index in [9.17, 15) is 0 Å². The molecule has 0 amide bonds. The Morgan fingerprint density at radius 1 is 1.33 bits per heavy atom. The minimum atomic E-state index is 0.803. The van der Waals surface area contributed by atoms with E-state index in [1.54, 1.807) is 0 Å². The van der Waals surface area contributed by atoms with Crippen LogP contribution in [0.25, 0.3) is 0 Å². The molecule has 0 unspecified atom stereocenters. The van der Waals surface area contributed by atoms with E-state index < -0.39 is 0 Å². The van der Waals surface area contributed by atoms with E-state index in [0.29, 0.717) is 0 Å². The molecule has 1 rings (SSSR count). The van der Waals surface area contributed by atoms with Gasteiger partial charge < -0.3 is 11.1 Å². The zero-order chi connectivity index (χ0) is 11.3. The predicted molar refractivity (Wildman–Crippen MR) is 65.8 cm³/mol. The van der Waals surface area contributed by atoms with Crippen LogP contribution in [0.1, 0.15) is 23.1 Å². The van der Waals surface area contributed by atoms with Crippen LogP contribution in [0.15, 0.2) is 12.1 Å². The number of hydrogen-bond acceptors (Lipinski definition) is 2. The molecule has 0 bridgehead atoms. The number of nitrogen functional groups attached to an aromatic ring is 1. The van der Waals surface area contributed by atoms with Crippen molar-refractivity contribution in [3.05, 3.63) is 28.8 Å². The van der Waals surface area contributed by atoms with E-state index in [4.69, 9.17) is 5.73 Å². The molecule has 80 valence electrons. The lowest BCUT2D eigenvalue weighted by molar-refractivity contribution is 0.818. The quantitative estimate of drug-likeness (QED) is 0.436. The maximum atomic E-state index is 5.95. The van der Waals surface area contributed by atoms with Gasteiger partial charge in [-0.2, -0.15) is 0 Å². The molecule has 0 aliphatic rings. The summed E-state index contributed by atoms with van der Waals surface area (Å²) in [6, 6.07) is 4.11. The van der Waals surface area contributed by atoms with Crippen LogP contribution >= 0.6 is 0 Å². The van der Waals surface area contributed by atoms with Gasteiger partial charge in [-0.05, 0) is 38.1 Å². The van der Waals surface area contributed by atoms with E-state index in [2.05, 4.69) is 30.1 Å². The molecular formula is C13H18N2. The van der Waals surface area contributed by atoms with Crippen molar-refractivity contribution in [3.8, 4) is 11.8 Å². The van der Waals surface area contributed by atoms with Crippen molar-refractivity contribution in [2.24, 2.45) is 0 Å². The topological polar surface area (TPSA) is 38.0 Å². The summed E-state index contributed by atoms with van der Waals surface area (Å²) in [6.07, 6.45) is 0.850. The second-order valence-electron chi connectivity index (χ2n) is 3.70. The molecule has 0 aliphatic carbocycles. The summed E-state index contributed by atoms with van der Waals surface area (Å²) in [7, 11) is 1.92. The highest BCUT2D eigenvalue weighted by molar-refractivity contribution is 5.61. The van der Waals surface area contributed by atoms with Gasteiger partial charge in [-0.1, -0.05) is 17.9 Å². The fraction of sp³-hybridized carbons (Fsp3) is 0.385.